The van der Waals surface area contributed by atoms with E-state index in [1.165, 1.54) is 11.9 Å². The summed E-state index contributed by atoms with van der Waals surface area (Å²) < 4.78 is 0. The number of benzodiazepines with no additional fused rings is 1. The molecule has 2 aromatic carbocycles. The molecule has 1 amide bonds. The van der Waals surface area contributed by atoms with E-state index in [2.05, 4.69) is 10.3 Å². The molecule has 1 heterocycles. The maximum Gasteiger partial charge on any atom is 0.272 e. The maximum absolute atomic E-state index is 12.9. The van der Waals surface area contributed by atoms with Gasteiger partial charge in [-0.2, -0.15) is 0 Å². The van der Waals surface area contributed by atoms with Crippen LogP contribution in [-0.4, -0.2) is 47.3 Å². The number of hydroxylamine groups is 2. The maximum atomic E-state index is 12.9. The molecular formula is C18H17ClN4O2S. The van der Waals surface area contributed by atoms with Crippen LogP contribution in [0, 0.1) is 0 Å². The molecule has 1 unspecified atom stereocenters. The summed E-state index contributed by atoms with van der Waals surface area (Å²) in [4.78, 5) is 19.0. The van der Waals surface area contributed by atoms with Gasteiger partial charge in [-0.1, -0.05) is 41.9 Å². The number of aliphatic imine (C=N–C) groups is 1. The van der Waals surface area contributed by atoms with Crippen LogP contribution in [0.15, 0.2) is 53.5 Å². The van der Waals surface area contributed by atoms with E-state index in [4.69, 9.17) is 23.8 Å². The third-order valence-electron chi connectivity index (χ3n) is 4.00. The van der Waals surface area contributed by atoms with Crippen molar-refractivity contribution in [2.24, 2.45) is 4.99 Å². The first kappa shape index (κ1) is 18.3. The number of benzene rings is 2. The fraction of sp³-hybridized carbons (Fsp3) is 0.167. The normalized spacial score (nSPS) is 16.5. The molecule has 0 saturated heterocycles. The second-order valence-corrected chi connectivity index (χ2v) is 6.60. The number of likely N-dealkylation sites (N-methyl/N-ethyl adjacent to an activating group) is 1. The van der Waals surface area contributed by atoms with Crippen LogP contribution < -0.4 is 10.2 Å². The highest BCUT2D eigenvalue weighted by Crippen LogP contribution is 2.29. The average Bonchev–Trinajstić information content (AvgIpc) is 2.73. The van der Waals surface area contributed by atoms with E-state index >= 15 is 0 Å². The number of thiocarbonyl (C=S) groups is 1. The fourth-order valence-corrected chi connectivity index (χ4v) is 2.96. The standard InChI is InChI=1S/C18H17ClN4O2S/c1-22-14-9-8-12(19)10-13(14)15(11-6-4-3-5-7-11)20-16(17(22)24)21-18(26)23(2)25/h3-10,16,25H,1-2H3,(H,21,26). The average molecular weight is 389 g/mol. The number of hydrogen-bond donors (Lipinski definition) is 2. The molecule has 1 aliphatic rings. The molecule has 26 heavy (non-hydrogen) atoms. The van der Waals surface area contributed by atoms with Crippen LogP contribution in [0.25, 0.3) is 0 Å². The van der Waals surface area contributed by atoms with Crippen molar-refractivity contribution in [3.63, 3.8) is 0 Å². The van der Waals surface area contributed by atoms with Gasteiger partial charge < -0.3 is 10.2 Å². The molecule has 6 nitrogen and oxygen atoms in total. The Morgan fingerprint density at radius 1 is 1.31 bits per heavy atom. The molecule has 8 heteroatoms. The lowest BCUT2D eigenvalue weighted by atomic mass is 10.0. The van der Waals surface area contributed by atoms with Crippen molar-refractivity contribution in [1.29, 1.82) is 0 Å². The summed E-state index contributed by atoms with van der Waals surface area (Å²) in [5.74, 6) is -0.302. The SMILES string of the molecule is CN(O)C(=S)NC1N=C(c2ccccc2)c2cc(Cl)ccc2N(C)C1=O. The molecule has 0 saturated carbocycles. The van der Waals surface area contributed by atoms with Crippen LogP contribution in [0.4, 0.5) is 5.69 Å². The Morgan fingerprint density at radius 2 is 2.00 bits per heavy atom. The molecule has 0 aromatic heterocycles. The van der Waals surface area contributed by atoms with E-state index in [-0.39, 0.29) is 11.0 Å². The Hall–Kier alpha value is -2.48. The first-order chi connectivity index (χ1) is 12.4. The molecule has 2 aromatic rings. The van der Waals surface area contributed by atoms with Gasteiger partial charge in [0, 0.05) is 30.2 Å². The molecule has 2 N–H and O–H groups in total. The van der Waals surface area contributed by atoms with Gasteiger partial charge in [0.15, 0.2) is 5.11 Å². The first-order valence-electron chi connectivity index (χ1n) is 7.82. The Bertz CT molecular complexity index is 886. The minimum Gasteiger partial charge on any atom is -0.331 e. The summed E-state index contributed by atoms with van der Waals surface area (Å²) in [5, 5.41) is 13.6. The lowest BCUT2D eigenvalue weighted by Gasteiger charge is -2.22. The zero-order valence-electron chi connectivity index (χ0n) is 14.2. The van der Waals surface area contributed by atoms with Crippen molar-refractivity contribution < 1.29 is 10.0 Å². The molecule has 0 fully saturated rings. The predicted octanol–water partition coefficient (Wildman–Crippen LogP) is 2.68. The predicted molar refractivity (Wildman–Crippen MR) is 106 cm³/mol. The number of nitrogens with zero attached hydrogens (tertiary/aromatic N) is 3. The molecule has 0 spiro atoms. The number of nitrogens with one attached hydrogen (secondary N) is 1. The van der Waals surface area contributed by atoms with Gasteiger partial charge in [-0.05, 0) is 30.4 Å². The topological polar surface area (TPSA) is 68.2 Å². The van der Waals surface area contributed by atoms with Crippen molar-refractivity contribution in [3.05, 3.63) is 64.7 Å². The number of fused-ring (bicyclic) bond motifs is 1. The Morgan fingerprint density at radius 3 is 2.65 bits per heavy atom. The van der Waals surface area contributed by atoms with Crippen LogP contribution >= 0.6 is 23.8 Å². The number of amides is 1. The number of halogens is 1. The van der Waals surface area contributed by atoms with E-state index < -0.39 is 6.17 Å². The minimum absolute atomic E-state index is 0.00287. The molecular weight excluding hydrogens is 372 g/mol. The first-order valence-corrected chi connectivity index (χ1v) is 8.61. The third-order valence-corrected chi connectivity index (χ3v) is 4.62. The van der Waals surface area contributed by atoms with Crippen molar-refractivity contribution in [1.82, 2.24) is 10.4 Å². The molecule has 134 valence electrons. The molecule has 0 aliphatic carbocycles. The number of hydrogen-bond acceptors (Lipinski definition) is 4. The van der Waals surface area contributed by atoms with Crippen molar-refractivity contribution in [2.45, 2.75) is 6.17 Å². The second-order valence-electron chi connectivity index (χ2n) is 5.78. The van der Waals surface area contributed by atoms with Gasteiger partial charge in [0.25, 0.3) is 5.91 Å². The van der Waals surface area contributed by atoms with Crippen molar-refractivity contribution in [3.8, 4) is 0 Å². The Balaban J connectivity index is 2.17. The number of rotatable bonds is 2. The van der Waals surface area contributed by atoms with Gasteiger partial charge in [0.1, 0.15) is 0 Å². The Kier molecular flexibility index (Phi) is 5.22. The van der Waals surface area contributed by atoms with Gasteiger partial charge >= 0.3 is 0 Å². The number of anilines is 1. The summed E-state index contributed by atoms with van der Waals surface area (Å²) in [5.41, 5.74) is 2.89. The second kappa shape index (κ2) is 7.41. The third kappa shape index (κ3) is 3.55. The summed E-state index contributed by atoms with van der Waals surface area (Å²) >= 11 is 11.3. The molecule has 1 aliphatic heterocycles. The molecule has 0 radical (unpaired) electrons. The van der Waals surface area contributed by atoms with Gasteiger partial charge in [0.2, 0.25) is 6.17 Å². The summed E-state index contributed by atoms with van der Waals surface area (Å²) in [6.45, 7) is 0. The molecule has 0 bridgehead atoms. The van der Waals surface area contributed by atoms with E-state index in [0.717, 1.165) is 16.2 Å². The van der Waals surface area contributed by atoms with Crippen LogP contribution in [0.3, 0.4) is 0 Å². The van der Waals surface area contributed by atoms with Gasteiger partial charge in [-0.3, -0.25) is 10.0 Å². The molecule has 3 rings (SSSR count). The van der Waals surface area contributed by atoms with Crippen LogP contribution in [-0.2, 0) is 4.79 Å². The fourth-order valence-electron chi connectivity index (χ4n) is 2.68. The lowest BCUT2D eigenvalue weighted by Crippen LogP contribution is -2.49. The zero-order chi connectivity index (χ0) is 18.8. The van der Waals surface area contributed by atoms with E-state index in [9.17, 15) is 10.0 Å². The van der Waals surface area contributed by atoms with Crippen LogP contribution in [0.2, 0.25) is 5.02 Å². The summed E-state index contributed by atoms with van der Waals surface area (Å²) in [6, 6.07) is 14.8. The highest BCUT2D eigenvalue weighted by molar-refractivity contribution is 7.80. The van der Waals surface area contributed by atoms with E-state index in [1.54, 1.807) is 25.2 Å². The van der Waals surface area contributed by atoms with Crippen LogP contribution in [0.5, 0.6) is 0 Å². The molecule has 1 atom stereocenters. The van der Waals surface area contributed by atoms with Gasteiger partial charge in [-0.15, -0.1) is 0 Å². The highest BCUT2D eigenvalue weighted by atomic mass is 35.5. The minimum atomic E-state index is -0.983. The van der Waals surface area contributed by atoms with E-state index in [0.29, 0.717) is 16.4 Å². The van der Waals surface area contributed by atoms with Gasteiger partial charge in [-0.25, -0.2) is 10.1 Å². The monoisotopic (exact) mass is 388 g/mol. The van der Waals surface area contributed by atoms with Crippen LogP contribution in [0.1, 0.15) is 11.1 Å². The summed E-state index contributed by atoms with van der Waals surface area (Å²) in [6.07, 6.45) is -0.983. The van der Waals surface area contributed by atoms with E-state index in [1.807, 2.05) is 30.3 Å². The number of carbonyl (C=O) groups is 1. The van der Waals surface area contributed by atoms with Crippen molar-refractivity contribution in [2.75, 3.05) is 19.0 Å². The largest absolute Gasteiger partial charge is 0.331 e. The Labute approximate surface area is 161 Å². The lowest BCUT2D eigenvalue weighted by molar-refractivity contribution is -0.119. The van der Waals surface area contributed by atoms with Gasteiger partial charge in [0.05, 0.1) is 11.4 Å². The number of carbonyl (C=O) groups excluding carboxylic acids is 1. The quantitative estimate of drug-likeness (QED) is 0.611. The zero-order valence-corrected chi connectivity index (χ0v) is 15.8. The smallest absolute Gasteiger partial charge is 0.272 e. The van der Waals surface area contributed by atoms with Crippen molar-refractivity contribution >= 4 is 46.2 Å². The highest BCUT2D eigenvalue weighted by Gasteiger charge is 2.31. The summed E-state index contributed by atoms with van der Waals surface area (Å²) in [7, 11) is 3.04.